The van der Waals surface area contributed by atoms with Crippen LogP contribution in [0.15, 0.2) is 42.5 Å². The standard InChI is InChI=1S/C17H20N2O/c1-12-3-4-13(2)15(9-12)11-19-16-7-5-14(6-8-16)10-17(18)20/h3-9,19H,10-11H2,1-2H3,(H2,18,20). The smallest absolute Gasteiger partial charge is 0.221 e. The van der Waals surface area contributed by atoms with Gasteiger partial charge < -0.3 is 11.1 Å². The van der Waals surface area contributed by atoms with E-state index in [1.165, 1.54) is 16.7 Å². The highest BCUT2D eigenvalue weighted by Crippen LogP contribution is 2.15. The number of hydrogen-bond acceptors (Lipinski definition) is 2. The van der Waals surface area contributed by atoms with Crippen LogP contribution in [0.25, 0.3) is 0 Å². The Labute approximate surface area is 119 Å². The Hall–Kier alpha value is -2.29. The number of anilines is 1. The van der Waals surface area contributed by atoms with Gasteiger partial charge in [0, 0.05) is 12.2 Å². The van der Waals surface area contributed by atoms with Gasteiger partial charge in [-0.3, -0.25) is 4.79 Å². The van der Waals surface area contributed by atoms with Gasteiger partial charge in [-0.1, -0.05) is 35.9 Å². The molecule has 2 rings (SSSR count). The molecule has 3 heteroatoms. The molecule has 20 heavy (non-hydrogen) atoms. The number of nitrogens with two attached hydrogens (primary N) is 1. The Bertz CT molecular complexity index is 603. The Balaban J connectivity index is 2.00. The van der Waals surface area contributed by atoms with E-state index >= 15 is 0 Å². The first-order valence-electron chi connectivity index (χ1n) is 6.72. The minimum absolute atomic E-state index is 0.289. The van der Waals surface area contributed by atoms with Crippen molar-refractivity contribution < 1.29 is 4.79 Å². The molecule has 3 N–H and O–H groups in total. The fourth-order valence-electron chi connectivity index (χ4n) is 2.13. The predicted molar refractivity (Wildman–Crippen MR) is 82.6 cm³/mol. The van der Waals surface area contributed by atoms with Gasteiger partial charge in [-0.2, -0.15) is 0 Å². The largest absolute Gasteiger partial charge is 0.381 e. The average molecular weight is 268 g/mol. The first-order chi connectivity index (χ1) is 9.54. The number of carbonyl (C=O) groups is 1. The van der Waals surface area contributed by atoms with Crippen LogP contribution >= 0.6 is 0 Å². The minimum Gasteiger partial charge on any atom is -0.381 e. The zero-order chi connectivity index (χ0) is 14.5. The average Bonchev–Trinajstić information content (AvgIpc) is 2.41. The summed E-state index contributed by atoms with van der Waals surface area (Å²) in [6, 6.07) is 14.3. The van der Waals surface area contributed by atoms with Gasteiger partial charge in [0.1, 0.15) is 0 Å². The zero-order valence-electron chi connectivity index (χ0n) is 11.9. The van der Waals surface area contributed by atoms with E-state index in [0.717, 1.165) is 17.8 Å². The molecule has 2 aromatic carbocycles. The Morgan fingerprint density at radius 2 is 1.80 bits per heavy atom. The maximum atomic E-state index is 10.8. The number of aryl methyl sites for hydroxylation is 2. The van der Waals surface area contributed by atoms with Gasteiger partial charge in [-0.25, -0.2) is 0 Å². The van der Waals surface area contributed by atoms with Crippen molar-refractivity contribution in [2.75, 3.05) is 5.32 Å². The molecule has 2 aromatic rings. The molecule has 0 heterocycles. The van der Waals surface area contributed by atoms with Crippen LogP contribution < -0.4 is 11.1 Å². The van der Waals surface area contributed by atoms with Crippen LogP contribution in [0.4, 0.5) is 5.69 Å². The second-order valence-corrected chi connectivity index (χ2v) is 5.12. The summed E-state index contributed by atoms with van der Waals surface area (Å²) >= 11 is 0. The zero-order valence-corrected chi connectivity index (χ0v) is 11.9. The molecule has 0 spiro atoms. The molecule has 104 valence electrons. The highest BCUT2D eigenvalue weighted by Gasteiger charge is 2.01. The van der Waals surface area contributed by atoms with E-state index in [-0.39, 0.29) is 12.3 Å². The van der Waals surface area contributed by atoms with Crippen molar-refractivity contribution in [1.82, 2.24) is 0 Å². The predicted octanol–water partition coefficient (Wildman–Crippen LogP) is 2.94. The second-order valence-electron chi connectivity index (χ2n) is 5.12. The first-order valence-corrected chi connectivity index (χ1v) is 6.72. The van der Waals surface area contributed by atoms with Crippen LogP contribution in [0.3, 0.4) is 0 Å². The third-order valence-corrected chi connectivity index (χ3v) is 3.32. The monoisotopic (exact) mass is 268 g/mol. The van der Waals surface area contributed by atoms with E-state index in [2.05, 4.69) is 37.4 Å². The summed E-state index contributed by atoms with van der Waals surface area (Å²) in [6.07, 6.45) is 0.289. The maximum absolute atomic E-state index is 10.8. The maximum Gasteiger partial charge on any atom is 0.221 e. The molecule has 0 atom stereocenters. The molecular formula is C17H20N2O. The summed E-state index contributed by atoms with van der Waals surface area (Å²) in [5, 5.41) is 3.39. The fraction of sp³-hybridized carbons (Fsp3) is 0.235. The van der Waals surface area contributed by atoms with Crippen molar-refractivity contribution in [2.24, 2.45) is 5.73 Å². The van der Waals surface area contributed by atoms with Crippen molar-refractivity contribution in [3.05, 3.63) is 64.7 Å². The van der Waals surface area contributed by atoms with Crippen molar-refractivity contribution >= 4 is 11.6 Å². The summed E-state index contributed by atoms with van der Waals surface area (Å²) in [5.41, 5.74) is 11.0. The Morgan fingerprint density at radius 1 is 1.10 bits per heavy atom. The van der Waals surface area contributed by atoms with Crippen molar-refractivity contribution in [2.45, 2.75) is 26.8 Å². The van der Waals surface area contributed by atoms with E-state index in [1.807, 2.05) is 24.3 Å². The van der Waals surface area contributed by atoms with Gasteiger partial charge in [0.2, 0.25) is 5.91 Å². The lowest BCUT2D eigenvalue weighted by atomic mass is 10.1. The number of carbonyl (C=O) groups excluding carboxylic acids is 1. The van der Waals surface area contributed by atoms with Crippen LogP contribution in [-0.2, 0) is 17.8 Å². The van der Waals surface area contributed by atoms with Crippen molar-refractivity contribution in [3.63, 3.8) is 0 Å². The van der Waals surface area contributed by atoms with Gasteiger partial charge in [0.25, 0.3) is 0 Å². The number of rotatable bonds is 5. The van der Waals surface area contributed by atoms with Crippen LogP contribution in [0.2, 0.25) is 0 Å². The van der Waals surface area contributed by atoms with Crippen molar-refractivity contribution in [3.8, 4) is 0 Å². The molecule has 0 aliphatic carbocycles. The van der Waals surface area contributed by atoms with Crippen LogP contribution in [0.1, 0.15) is 22.3 Å². The van der Waals surface area contributed by atoms with Gasteiger partial charge in [-0.05, 0) is 42.7 Å². The number of benzene rings is 2. The van der Waals surface area contributed by atoms with Crippen molar-refractivity contribution in [1.29, 1.82) is 0 Å². The summed E-state index contributed by atoms with van der Waals surface area (Å²) in [7, 11) is 0. The topological polar surface area (TPSA) is 55.1 Å². The number of nitrogens with one attached hydrogen (secondary N) is 1. The molecule has 0 fully saturated rings. The Kier molecular flexibility index (Phi) is 4.41. The van der Waals surface area contributed by atoms with Gasteiger partial charge >= 0.3 is 0 Å². The minimum atomic E-state index is -0.305. The molecule has 0 aliphatic rings. The van der Waals surface area contributed by atoms with Gasteiger partial charge in [0.05, 0.1) is 6.42 Å². The van der Waals surface area contributed by atoms with E-state index in [9.17, 15) is 4.79 Å². The van der Waals surface area contributed by atoms with Crippen LogP contribution in [0.5, 0.6) is 0 Å². The van der Waals surface area contributed by atoms with E-state index in [0.29, 0.717) is 0 Å². The molecule has 0 aliphatic heterocycles. The lowest BCUT2D eigenvalue weighted by Crippen LogP contribution is -2.13. The number of hydrogen-bond donors (Lipinski definition) is 2. The molecule has 0 saturated heterocycles. The SMILES string of the molecule is Cc1ccc(C)c(CNc2ccc(CC(N)=O)cc2)c1. The molecule has 0 bridgehead atoms. The third kappa shape index (κ3) is 3.85. The van der Waals surface area contributed by atoms with Crippen LogP contribution in [-0.4, -0.2) is 5.91 Å². The van der Waals surface area contributed by atoms with E-state index in [4.69, 9.17) is 5.73 Å². The Morgan fingerprint density at radius 3 is 2.45 bits per heavy atom. The normalized spacial score (nSPS) is 10.3. The highest BCUT2D eigenvalue weighted by atomic mass is 16.1. The molecule has 0 unspecified atom stereocenters. The first kappa shape index (κ1) is 14.1. The third-order valence-electron chi connectivity index (χ3n) is 3.32. The summed E-state index contributed by atoms with van der Waals surface area (Å²) in [6.45, 7) is 5.01. The lowest BCUT2D eigenvalue weighted by Gasteiger charge is -2.10. The van der Waals surface area contributed by atoms with E-state index in [1.54, 1.807) is 0 Å². The van der Waals surface area contributed by atoms with Gasteiger partial charge in [0.15, 0.2) is 0 Å². The molecule has 0 saturated carbocycles. The van der Waals surface area contributed by atoms with Crippen LogP contribution in [0, 0.1) is 13.8 Å². The van der Waals surface area contributed by atoms with E-state index < -0.39 is 0 Å². The second kappa shape index (κ2) is 6.24. The van der Waals surface area contributed by atoms with Gasteiger partial charge in [-0.15, -0.1) is 0 Å². The molecule has 0 aromatic heterocycles. The summed E-state index contributed by atoms with van der Waals surface area (Å²) in [5.74, 6) is -0.305. The summed E-state index contributed by atoms with van der Waals surface area (Å²) < 4.78 is 0. The number of primary amides is 1. The molecule has 1 amide bonds. The molecule has 0 radical (unpaired) electrons. The fourth-order valence-corrected chi connectivity index (χ4v) is 2.13. The quantitative estimate of drug-likeness (QED) is 0.876. The lowest BCUT2D eigenvalue weighted by molar-refractivity contribution is -0.117. The highest BCUT2D eigenvalue weighted by molar-refractivity contribution is 5.76. The molecular weight excluding hydrogens is 248 g/mol. The summed E-state index contributed by atoms with van der Waals surface area (Å²) in [4.78, 5) is 10.8. The number of amides is 1. The molecule has 3 nitrogen and oxygen atoms in total.